The van der Waals surface area contributed by atoms with E-state index >= 15 is 0 Å². The number of rotatable bonds is 4. The van der Waals surface area contributed by atoms with Crippen LogP contribution in [0.25, 0.3) is 16.6 Å². The van der Waals surface area contributed by atoms with Crippen LogP contribution >= 0.6 is 11.6 Å². The van der Waals surface area contributed by atoms with Crippen LogP contribution in [0.4, 0.5) is 5.95 Å². The molecule has 132 valence electrons. The summed E-state index contributed by atoms with van der Waals surface area (Å²) in [6.07, 6.45) is 1.60. The zero-order valence-corrected chi connectivity index (χ0v) is 15.0. The lowest BCUT2D eigenvalue weighted by atomic mass is 10.2. The minimum Gasteiger partial charge on any atom is -0.268 e. The lowest BCUT2D eigenvalue weighted by Crippen LogP contribution is -2.22. The van der Waals surface area contributed by atoms with Gasteiger partial charge in [0.25, 0.3) is 5.56 Å². The zero-order chi connectivity index (χ0) is 18.6. The van der Waals surface area contributed by atoms with Gasteiger partial charge in [-0.2, -0.15) is 5.10 Å². The summed E-state index contributed by atoms with van der Waals surface area (Å²) >= 11 is 6.15. The molecule has 0 spiro atoms. The molecule has 0 fully saturated rings. The maximum atomic E-state index is 13.0. The Morgan fingerprint density at radius 3 is 2.44 bits per heavy atom. The average Bonchev–Trinajstić information content (AvgIpc) is 2.70. The van der Waals surface area contributed by atoms with Gasteiger partial charge in [0, 0.05) is 10.6 Å². The molecule has 0 aliphatic heterocycles. The van der Waals surface area contributed by atoms with Crippen molar-refractivity contribution in [3.05, 3.63) is 99.8 Å². The molecule has 0 unspecified atom stereocenters. The summed E-state index contributed by atoms with van der Waals surface area (Å²) in [5, 5.41) is 5.36. The van der Waals surface area contributed by atoms with E-state index in [1.54, 1.807) is 24.4 Å². The number of hydrogen-bond acceptors (Lipinski definition) is 4. The first-order chi connectivity index (χ1) is 13.2. The summed E-state index contributed by atoms with van der Waals surface area (Å²) in [6.45, 7) is 0. The van der Waals surface area contributed by atoms with E-state index in [0.717, 1.165) is 5.56 Å². The molecule has 5 nitrogen and oxygen atoms in total. The van der Waals surface area contributed by atoms with Crippen LogP contribution in [-0.4, -0.2) is 15.8 Å². The van der Waals surface area contributed by atoms with Crippen molar-refractivity contribution >= 4 is 34.7 Å². The number of hydrogen-bond donors (Lipinski definition) is 1. The summed E-state index contributed by atoms with van der Waals surface area (Å²) < 4.78 is 1.51. The number of para-hydroxylation sites is 2. The van der Waals surface area contributed by atoms with Crippen LogP contribution in [0.2, 0.25) is 5.02 Å². The van der Waals surface area contributed by atoms with Crippen LogP contribution in [0.3, 0.4) is 0 Å². The zero-order valence-electron chi connectivity index (χ0n) is 14.2. The van der Waals surface area contributed by atoms with E-state index in [0.29, 0.717) is 27.6 Å². The second-order valence-corrected chi connectivity index (χ2v) is 6.23. The molecule has 0 aliphatic rings. The van der Waals surface area contributed by atoms with Gasteiger partial charge in [-0.05, 0) is 30.3 Å². The Hall–Kier alpha value is -3.44. The lowest BCUT2D eigenvalue weighted by Gasteiger charge is -2.12. The first-order valence-corrected chi connectivity index (χ1v) is 8.72. The normalized spacial score (nSPS) is 11.1. The van der Waals surface area contributed by atoms with Crippen LogP contribution in [0.5, 0.6) is 0 Å². The van der Waals surface area contributed by atoms with Gasteiger partial charge in [0.15, 0.2) is 0 Å². The van der Waals surface area contributed by atoms with Crippen molar-refractivity contribution in [1.82, 2.24) is 9.55 Å². The third-order valence-corrected chi connectivity index (χ3v) is 4.41. The predicted octanol–water partition coefficient (Wildman–Crippen LogP) is 4.49. The highest BCUT2D eigenvalue weighted by atomic mass is 35.5. The quantitative estimate of drug-likeness (QED) is 0.423. The van der Waals surface area contributed by atoms with Crippen LogP contribution in [0, 0.1) is 0 Å². The molecule has 6 heteroatoms. The van der Waals surface area contributed by atoms with E-state index in [2.05, 4.69) is 15.5 Å². The van der Waals surface area contributed by atoms with Crippen molar-refractivity contribution in [3.63, 3.8) is 0 Å². The van der Waals surface area contributed by atoms with Gasteiger partial charge < -0.3 is 0 Å². The molecule has 0 atom stereocenters. The van der Waals surface area contributed by atoms with Crippen LogP contribution in [-0.2, 0) is 0 Å². The molecular weight excluding hydrogens is 360 g/mol. The maximum absolute atomic E-state index is 13.0. The van der Waals surface area contributed by atoms with E-state index in [4.69, 9.17) is 11.6 Å². The van der Waals surface area contributed by atoms with Crippen LogP contribution in [0.1, 0.15) is 5.56 Å². The molecule has 0 amide bonds. The highest BCUT2D eigenvalue weighted by Crippen LogP contribution is 2.16. The summed E-state index contributed by atoms with van der Waals surface area (Å²) in [4.78, 5) is 17.6. The van der Waals surface area contributed by atoms with Crippen molar-refractivity contribution in [2.75, 3.05) is 5.43 Å². The first kappa shape index (κ1) is 17.0. The van der Waals surface area contributed by atoms with Gasteiger partial charge in [-0.25, -0.2) is 15.0 Å². The van der Waals surface area contributed by atoms with Gasteiger partial charge >= 0.3 is 0 Å². The first-order valence-electron chi connectivity index (χ1n) is 8.35. The number of fused-ring (bicyclic) bond motifs is 1. The number of benzene rings is 3. The van der Waals surface area contributed by atoms with Gasteiger partial charge in [-0.15, -0.1) is 0 Å². The van der Waals surface area contributed by atoms with Crippen molar-refractivity contribution < 1.29 is 0 Å². The monoisotopic (exact) mass is 374 g/mol. The van der Waals surface area contributed by atoms with E-state index in [1.807, 2.05) is 60.7 Å². The third-order valence-electron chi connectivity index (χ3n) is 4.06. The summed E-state index contributed by atoms with van der Waals surface area (Å²) in [6, 6.07) is 23.9. The van der Waals surface area contributed by atoms with E-state index in [9.17, 15) is 4.79 Å². The van der Waals surface area contributed by atoms with Gasteiger partial charge in [-0.1, -0.05) is 60.1 Å². The Kier molecular flexibility index (Phi) is 4.68. The third kappa shape index (κ3) is 3.45. The molecule has 1 aromatic heterocycles. The predicted molar refractivity (Wildman–Crippen MR) is 110 cm³/mol. The fraction of sp³-hybridized carbons (Fsp3) is 0. The Morgan fingerprint density at radius 1 is 0.926 bits per heavy atom. The fourth-order valence-electron chi connectivity index (χ4n) is 2.76. The molecular formula is C21H15ClN4O. The largest absolute Gasteiger partial charge is 0.268 e. The molecule has 0 bridgehead atoms. The standard InChI is InChI=1S/C21H15ClN4O/c22-18-12-6-4-8-15(18)14-23-25-21-24-19-13-7-5-11-17(19)20(27)26(21)16-9-2-1-3-10-16/h1-14H,(H,24,25)/b23-14-. The summed E-state index contributed by atoms with van der Waals surface area (Å²) in [7, 11) is 0. The Bertz CT molecular complexity index is 1190. The number of hydrazone groups is 1. The molecule has 3 aromatic carbocycles. The minimum atomic E-state index is -0.165. The fourth-order valence-corrected chi connectivity index (χ4v) is 2.95. The topological polar surface area (TPSA) is 59.3 Å². The maximum Gasteiger partial charge on any atom is 0.267 e. The van der Waals surface area contributed by atoms with Crippen molar-refractivity contribution in [2.45, 2.75) is 0 Å². The number of nitrogens with zero attached hydrogens (tertiary/aromatic N) is 3. The molecule has 1 heterocycles. The molecule has 4 rings (SSSR count). The number of aromatic nitrogens is 2. The van der Waals surface area contributed by atoms with Crippen molar-refractivity contribution in [2.24, 2.45) is 5.10 Å². The van der Waals surface area contributed by atoms with Gasteiger partial charge in [0.05, 0.1) is 22.8 Å². The van der Waals surface area contributed by atoms with E-state index in [1.165, 1.54) is 4.57 Å². The second kappa shape index (κ2) is 7.43. The van der Waals surface area contributed by atoms with E-state index in [-0.39, 0.29) is 5.56 Å². The highest BCUT2D eigenvalue weighted by molar-refractivity contribution is 6.33. The average molecular weight is 375 g/mol. The molecule has 0 saturated heterocycles. The highest BCUT2D eigenvalue weighted by Gasteiger charge is 2.11. The van der Waals surface area contributed by atoms with Crippen molar-refractivity contribution in [1.29, 1.82) is 0 Å². The molecule has 0 radical (unpaired) electrons. The van der Waals surface area contributed by atoms with Crippen molar-refractivity contribution in [3.8, 4) is 5.69 Å². The summed E-state index contributed by atoms with van der Waals surface area (Å²) in [5.74, 6) is 0.327. The van der Waals surface area contributed by atoms with E-state index < -0.39 is 0 Å². The molecule has 4 aromatic rings. The van der Waals surface area contributed by atoms with Gasteiger partial charge in [-0.3, -0.25) is 4.79 Å². The minimum absolute atomic E-state index is 0.165. The second-order valence-electron chi connectivity index (χ2n) is 5.82. The number of nitrogens with one attached hydrogen (secondary N) is 1. The van der Waals surface area contributed by atoms with Gasteiger partial charge in [0.1, 0.15) is 0 Å². The smallest absolute Gasteiger partial charge is 0.267 e. The molecule has 1 N–H and O–H groups in total. The Morgan fingerprint density at radius 2 is 1.63 bits per heavy atom. The SMILES string of the molecule is O=c1c2ccccc2nc(N/N=C\c2ccccc2Cl)n1-c1ccccc1. The van der Waals surface area contributed by atoms with Crippen LogP contribution < -0.4 is 11.0 Å². The summed E-state index contributed by atoms with van der Waals surface area (Å²) in [5.41, 5.74) is 4.79. The Labute approximate surface area is 160 Å². The number of anilines is 1. The lowest BCUT2D eigenvalue weighted by molar-refractivity contribution is 0.956. The molecule has 0 aliphatic carbocycles. The molecule has 0 saturated carbocycles. The number of halogens is 1. The van der Waals surface area contributed by atoms with Crippen LogP contribution in [0.15, 0.2) is 88.8 Å². The van der Waals surface area contributed by atoms with Gasteiger partial charge in [0.2, 0.25) is 5.95 Å². The Balaban J connectivity index is 1.81. The molecule has 27 heavy (non-hydrogen) atoms.